The number of thiazole rings is 1. The Labute approximate surface area is 218 Å². The summed E-state index contributed by atoms with van der Waals surface area (Å²) in [5.41, 5.74) is 2.19. The van der Waals surface area contributed by atoms with E-state index in [1.54, 1.807) is 46.9 Å². The number of carbonyl (C=O) groups excluding carboxylic acids is 1. The van der Waals surface area contributed by atoms with E-state index in [9.17, 15) is 13.2 Å². The Morgan fingerprint density at radius 1 is 1.19 bits per heavy atom. The quantitative estimate of drug-likeness (QED) is 0.368. The highest BCUT2D eigenvalue weighted by molar-refractivity contribution is 7.94. The number of carbonyl (C=O) groups is 1. The van der Waals surface area contributed by atoms with E-state index in [4.69, 9.17) is 4.74 Å². The molecule has 0 atom stereocenters. The van der Waals surface area contributed by atoms with Gasteiger partial charge in [-0.2, -0.15) is 0 Å². The first kappa shape index (κ1) is 24.8. The molecule has 0 spiro atoms. The molecule has 3 aromatic heterocycles. The normalized spacial score (nSPS) is 14.9. The van der Waals surface area contributed by atoms with Crippen molar-refractivity contribution in [2.24, 2.45) is 0 Å². The van der Waals surface area contributed by atoms with Crippen molar-refractivity contribution in [1.82, 2.24) is 19.8 Å². The van der Waals surface area contributed by atoms with Crippen molar-refractivity contribution in [1.29, 1.82) is 0 Å². The van der Waals surface area contributed by atoms with Gasteiger partial charge in [-0.05, 0) is 30.5 Å². The van der Waals surface area contributed by atoms with Crippen molar-refractivity contribution in [3.63, 3.8) is 0 Å². The summed E-state index contributed by atoms with van der Waals surface area (Å²) in [6.45, 7) is 5.84. The van der Waals surface area contributed by atoms with Gasteiger partial charge in [0.05, 0.1) is 23.5 Å². The molecular weight excluding hydrogens is 518 g/mol. The minimum atomic E-state index is -3.64. The van der Waals surface area contributed by atoms with Gasteiger partial charge in [-0.25, -0.2) is 18.2 Å². The first-order valence-electron chi connectivity index (χ1n) is 11.6. The summed E-state index contributed by atoms with van der Waals surface area (Å²) in [6.07, 6.45) is 1.64. The minimum absolute atomic E-state index is 0.246. The maximum atomic E-state index is 13.1. The van der Waals surface area contributed by atoms with Crippen LogP contribution in [0.15, 0.2) is 52.2 Å². The van der Waals surface area contributed by atoms with E-state index in [-0.39, 0.29) is 6.09 Å². The molecule has 4 heterocycles. The van der Waals surface area contributed by atoms with Crippen LogP contribution in [-0.2, 0) is 21.3 Å². The predicted molar refractivity (Wildman–Crippen MR) is 143 cm³/mol. The number of aromatic amines is 1. The number of ether oxygens (including phenoxy) is 1. The summed E-state index contributed by atoms with van der Waals surface area (Å²) in [5.74, 6) is 0. The van der Waals surface area contributed by atoms with E-state index in [0.717, 1.165) is 46.1 Å². The lowest BCUT2D eigenvalue weighted by molar-refractivity contribution is 0.0781. The van der Waals surface area contributed by atoms with Crippen molar-refractivity contribution in [2.75, 3.05) is 44.1 Å². The van der Waals surface area contributed by atoms with Crippen LogP contribution in [0.2, 0.25) is 0 Å². The number of thiophene rings is 1. The van der Waals surface area contributed by atoms with Gasteiger partial charge in [0, 0.05) is 56.2 Å². The molecule has 4 aromatic rings. The summed E-state index contributed by atoms with van der Waals surface area (Å²) < 4.78 is 32.9. The lowest BCUT2D eigenvalue weighted by Crippen LogP contribution is -2.48. The Hall–Kier alpha value is -2.93. The van der Waals surface area contributed by atoms with Gasteiger partial charge < -0.3 is 14.6 Å². The van der Waals surface area contributed by atoms with Crippen LogP contribution < -0.4 is 4.31 Å². The van der Waals surface area contributed by atoms with E-state index >= 15 is 0 Å². The second kappa shape index (κ2) is 10.2. The molecule has 1 saturated heterocycles. The van der Waals surface area contributed by atoms with Crippen molar-refractivity contribution in [3.05, 3.63) is 52.9 Å². The van der Waals surface area contributed by atoms with Gasteiger partial charge in [-0.1, -0.05) is 18.2 Å². The average molecular weight is 546 g/mol. The first-order chi connectivity index (χ1) is 17.4. The highest BCUT2D eigenvalue weighted by atomic mass is 32.2. The maximum absolute atomic E-state index is 13.1. The van der Waals surface area contributed by atoms with Crippen LogP contribution >= 0.6 is 22.7 Å². The fourth-order valence-corrected chi connectivity index (χ4v) is 7.52. The topological polar surface area (TPSA) is 98.8 Å². The third-order valence-electron chi connectivity index (χ3n) is 6.15. The Morgan fingerprint density at radius 3 is 2.72 bits per heavy atom. The van der Waals surface area contributed by atoms with E-state index in [1.165, 1.54) is 15.6 Å². The smallest absolute Gasteiger partial charge is 0.409 e. The molecule has 1 fully saturated rings. The number of rotatable bonds is 7. The van der Waals surface area contributed by atoms with Crippen LogP contribution in [0.25, 0.3) is 21.6 Å². The van der Waals surface area contributed by atoms with E-state index < -0.39 is 10.0 Å². The van der Waals surface area contributed by atoms with Crippen LogP contribution in [0.4, 0.5) is 10.5 Å². The van der Waals surface area contributed by atoms with E-state index in [1.807, 2.05) is 31.3 Å². The highest BCUT2D eigenvalue weighted by Crippen LogP contribution is 2.35. The molecule has 0 unspecified atom stereocenters. The third-order valence-corrected chi connectivity index (χ3v) is 10.3. The van der Waals surface area contributed by atoms with Crippen molar-refractivity contribution < 1.29 is 17.9 Å². The highest BCUT2D eigenvalue weighted by Gasteiger charge is 2.25. The maximum Gasteiger partial charge on any atom is 0.409 e. The van der Waals surface area contributed by atoms with Gasteiger partial charge in [0.25, 0.3) is 10.0 Å². The minimum Gasteiger partial charge on any atom is -0.450 e. The van der Waals surface area contributed by atoms with Crippen LogP contribution in [0.5, 0.6) is 0 Å². The molecule has 1 aromatic carbocycles. The molecule has 0 saturated carbocycles. The second-order valence-corrected chi connectivity index (χ2v) is 12.7. The lowest BCUT2D eigenvalue weighted by Gasteiger charge is -2.33. The molecule has 9 nitrogen and oxygen atoms in total. The van der Waals surface area contributed by atoms with Gasteiger partial charge in [-0.15, -0.1) is 22.7 Å². The Kier molecular flexibility index (Phi) is 7.02. The molecule has 0 bridgehead atoms. The van der Waals surface area contributed by atoms with E-state index in [2.05, 4.69) is 14.9 Å². The number of para-hydroxylation sites is 1. The number of H-pyrrole nitrogens is 1. The molecule has 12 heteroatoms. The molecule has 0 aliphatic carbocycles. The number of hydrogen-bond donors (Lipinski definition) is 1. The van der Waals surface area contributed by atoms with Gasteiger partial charge in [0.2, 0.25) is 0 Å². The fraction of sp³-hybridized carbons (Fsp3) is 0.333. The van der Waals surface area contributed by atoms with Crippen molar-refractivity contribution in [3.8, 4) is 10.7 Å². The molecule has 36 heavy (non-hydrogen) atoms. The average Bonchev–Trinajstić information content (AvgIpc) is 3.64. The van der Waals surface area contributed by atoms with Gasteiger partial charge in [0.1, 0.15) is 9.22 Å². The van der Waals surface area contributed by atoms with Crippen LogP contribution in [0.3, 0.4) is 0 Å². The third kappa shape index (κ3) is 4.85. The van der Waals surface area contributed by atoms with Crippen molar-refractivity contribution >= 4 is 55.4 Å². The molecule has 5 rings (SSSR count). The summed E-state index contributed by atoms with van der Waals surface area (Å²) in [7, 11) is -2.06. The standard InChI is InChI=1S/C24H27N5O4S3/c1-3-33-24(30)29-11-9-28(10-12-29)16-18-15-25-23(35-18)19-14-17-6-4-7-20(22(17)26-19)27(2)36(31,32)21-8-5-13-34-21/h4-8,13-15,26H,3,9-12,16H2,1-2H3. The number of aromatic nitrogens is 2. The zero-order chi connectivity index (χ0) is 25.3. The number of piperazine rings is 1. The lowest BCUT2D eigenvalue weighted by atomic mass is 10.2. The van der Waals surface area contributed by atoms with Crippen LogP contribution in [0, 0.1) is 0 Å². The molecular formula is C24H27N5O4S3. The molecule has 0 radical (unpaired) electrons. The SMILES string of the molecule is CCOC(=O)N1CCN(Cc2cnc(-c3cc4cccc(N(C)S(=O)(=O)c5cccs5)c4[nH]3)s2)CC1. The number of nitrogens with one attached hydrogen (secondary N) is 1. The fourth-order valence-electron chi connectivity index (χ4n) is 4.22. The molecule has 1 amide bonds. The van der Waals surface area contributed by atoms with E-state index in [0.29, 0.717) is 29.6 Å². The first-order valence-corrected chi connectivity index (χ1v) is 14.7. The van der Waals surface area contributed by atoms with Crippen molar-refractivity contribution in [2.45, 2.75) is 17.7 Å². The Morgan fingerprint density at radius 2 is 2.00 bits per heavy atom. The second-order valence-electron chi connectivity index (χ2n) is 8.42. The summed E-state index contributed by atoms with van der Waals surface area (Å²) in [5, 5.41) is 3.53. The zero-order valence-electron chi connectivity index (χ0n) is 20.0. The molecule has 1 aliphatic rings. The predicted octanol–water partition coefficient (Wildman–Crippen LogP) is 4.45. The molecule has 1 N–H and O–H groups in total. The largest absolute Gasteiger partial charge is 0.450 e. The summed E-state index contributed by atoms with van der Waals surface area (Å²) in [4.78, 5) is 25.1. The number of hydrogen-bond acceptors (Lipinski definition) is 8. The van der Waals surface area contributed by atoms with Gasteiger partial charge in [-0.3, -0.25) is 9.21 Å². The molecule has 1 aliphatic heterocycles. The Bertz CT molecular complexity index is 1450. The number of sulfonamides is 1. The summed E-state index contributed by atoms with van der Waals surface area (Å²) in [6, 6.07) is 11.0. The number of anilines is 1. The monoisotopic (exact) mass is 545 g/mol. The van der Waals surface area contributed by atoms with Gasteiger partial charge in [0.15, 0.2) is 0 Å². The van der Waals surface area contributed by atoms with Crippen LogP contribution in [-0.4, -0.2) is 74.1 Å². The number of nitrogens with zero attached hydrogens (tertiary/aromatic N) is 4. The number of benzene rings is 1. The molecule has 190 valence electrons. The summed E-state index contributed by atoms with van der Waals surface area (Å²) >= 11 is 2.81. The zero-order valence-corrected chi connectivity index (χ0v) is 22.5. The number of fused-ring (bicyclic) bond motifs is 1. The van der Waals surface area contributed by atoms with Gasteiger partial charge >= 0.3 is 6.09 Å². The van der Waals surface area contributed by atoms with Crippen LogP contribution in [0.1, 0.15) is 11.8 Å². The Balaban J connectivity index is 1.32. The number of amides is 1.